The number of benzene rings is 1. The minimum atomic E-state index is 0.573. The first kappa shape index (κ1) is 14.3. The van der Waals surface area contributed by atoms with E-state index in [0.29, 0.717) is 12.0 Å². The topological polar surface area (TPSA) is 28.2 Å². The van der Waals surface area contributed by atoms with Crippen LogP contribution in [0.1, 0.15) is 26.7 Å². The summed E-state index contributed by atoms with van der Waals surface area (Å²) in [6.07, 6.45) is 4.45. The van der Waals surface area contributed by atoms with Gasteiger partial charge in [0.2, 0.25) is 0 Å². The number of hydrogen-bond donors (Lipinski definition) is 1. The first-order valence-electron chi connectivity index (χ1n) is 8.11. The van der Waals surface area contributed by atoms with Crippen LogP contribution in [0.4, 0.5) is 5.69 Å². The number of aromatic nitrogens is 1. The largest absolute Gasteiger partial charge is 0.369 e. The molecule has 0 amide bonds. The van der Waals surface area contributed by atoms with Crippen molar-refractivity contribution in [3.8, 4) is 0 Å². The number of para-hydroxylation sites is 1. The highest BCUT2D eigenvalue weighted by atomic mass is 15.2. The molecule has 1 saturated heterocycles. The Morgan fingerprint density at radius 1 is 1.38 bits per heavy atom. The van der Waals surface area contributed by atoms with Gasteiger partial charge < -0.3 is 10.2 Å². The third-order valence-electron chi connectivity index (χ3n) is 4.70. The third-order valence-corrected chi connectivity index (χ3v) is 4.70. The van der Waals surface area contributed by atoms with E-state index in [2.05, 4.69) is 53.3 Å². The fourth-order valence-corrected chi connectivity index (χ4v) is 3.08. The van der Waals surface area contributed by atoms with E-state index in [-0.39, 0.29) is 0 Å². The third kappa shape index (κ3) is 3.18. The summed E-state index contributed by atoms with van der Waals surface area (Å²) in [5, 5.41) is 4.94. The van der Waals surface area contributed by atoms with Crippen molar-refractivity contribution in [1.29, 1.82) is 0 Å². The molecule has 112 valence electrons. The lowest BCUT2D eigenvalue weighted by Gasteiger charge is -2.29. The molecule has 1 fully saturated rings. The maximum absolute atomic E-state index is 4.61. The van der Waals surface area contributed by atoms with Crippen molar-refractivity contribution in [3.63, 3.8) is 0 Å². The van der Waals surface area contributed by atoms with E-state index in [4.69, 9.17) is 0 Å². The zero-order valence-electron chi connectivity index (χ0n) is 13.0. The number of pyridine rings is 1. The molecule has 0 saturated carbocycles. The van der Waals surface area contributed by atoms with Gasteiger partial charge in [0.15, 0.2) is 0 Å². The van der Waals surface area contributed by atoms with Crippen molar-refractivity contribution in [1.82, 2.24) is 10.3 Å². The van der Waals surface area contributed by atoms with Crippen LogP contribution in [0.3, 0.4) is 0 Å². The number of nitrogens with zero attached hydrogens (tertiary/aromatic N) is 2. The molecule has 2 unspecified atom stereocenters. The number of fused-ring (bicyclic) bond motifs is 1. The minimum absolute atomic E-state index is 0.573. The van der Waals surface area contributed by atoms with Crippen molar-refractivity contribution in [3.05, 3.63) is 36.5 Å². The predicted molar refractivity (Wildman–Crippen MR) is 89.8 cm³/mol. The van der Waals surface area contributed by atoms with Crippen LogP contribution in [0.2, 0.25) is 0 Å². The Morgan fingerprint density at radius 2 is 2.24 bits per heavy atom. The zero-order chi connectivity index (χ0) is 14.7. The maximum Gasteiger partial charge on any atom is 0.0703 e. The van der Waals surface area contributed by atoms with E-state index in [1.807, 2.05) is 12.3 Å². The second-order valence-corrected chi connectivity index (χ2v) is 6.13. The summed E-state index contributed by atoms with van der Waals surface area (Å²) in [5.41, 5.74) is 2.33. The monoisotopic (exact) mass is 283 g/mol. The number of nitrogens with one attached hydrogen (secondary N) is 1. The summed E-state index contributed by atoms with van der Waals surface area (Å²) >= 11 is 0. The molecular weight excluding hydrogens is 258 g/mol. The van der Waals surface area contributed by atoms with E-state index in [0.717, 1.165) is 25.2 Å². The SMILES string of the molecule is CCC(C)C1CN(c2cnc3ccccc3c2)CCCN1. The van der Waals surface area contributed by atoms with Gasteiger partial charge in [-0.2, -0.15) is 0 Å². The van der Waals surface area contributed by atoms with Crippen LogP contribution in [0.15, 0.2) is 36.5 Å². The summed E-state index contributed by atoms with van der Waals surface area (Å²) in [5.74, 6) is 0.707. The second kappa shape index (κ2) is 6.44. The Hall–Kier alpha value is -1.61. The van der Waals surface area contributed by atoms with Crippen LogP contribution in [0, 0.1) is 5.92 Å². The Kier molecular flexibility index (Phi) is 4.39. The minimum Gasteiger partial charge on any atom is -0.369 e. The van der Waals surface area contributed by atoms with Gasteiger partial charge in [0.05, 0.1) is 17.4 Å². The highest BCUT2D eigenvalue weighted by molar-refractivity contribution is 5.81. The molecule has 1 aromatic carbocycles. The van der Waals surface area contributed by atoms with Crippen LogP contribution in [-0.4, -0.2) is 30.7 Å². The van der Waals surface area contributed by atoms with Crippen molar-refractivity contribution >= 4 is 16.6 Å². The molecule has 3 heteroatoms. The quantitative estimate of drug-likeness (QED) is 0.935. The molecule has 1 aliphatic rings. The lowest BCUT2D eigenvalue weighted by molar-refractivity contribution is 0.384. The number of anilines is 1. The first-order chi connectivity index (χ1) is 10.3. The fraction of sp³-hybridized carbons (Fsp3) is 0.500. The summed E-state index contributed by atoms with van der Waals surface area (Å²) in [4.78, 5) is 7.11. The van der Waals surface area contributed by atoms with Crippen molar-refractivity contribution in [2.45, 2.75) is 32.7 Å². The van der Waals surface area contributed by atoms with Gasteiger partial charge in [-0.1, -0.05) is 38.5 Å². The van der Waals surface area contributed by atoms with Crippen LogP contribution in [0.25, 0.3) is 10.9 Å². The van der Waals surface area contributed by atoms with Crippen molar-refractivity contribution < 1.29 is 0 Å². The average molecular weight is 283 g/mol. The number of rotatable bonds is 3. The Balaban J connectivity index is 1.85. The molecule has 3 nitrogen and oxygen atoms in total. The van der Waals surface area contributed by atoms with E-state index in [1.54, 1.807) is 0 Å². The molecule has 3 rings (SSSR count). The van der Waals surface area contributed by atoms with Crippen LogP contribution in [-0.2, 0) is 0 Å². The Morgan fingerprint density at radius 3 is 3.10 bits per heavy atom. The van der Waals surface area contributed by atoms with E-state index in [9.17, 15) is 0 Å². The average Bonchev–Trinajstić information content (AvgIpc) is 2.80. The Bertz CT molecular complexity index is 596. The molecule has 2 atom stereocenters. The van der Waals surface area contributed by atoms with Gasteiger partial charge in [0, 0.05) is 24.5 Å². The maximum atomic E-state index is 4.61. The molecule has 0 spiro atoms. The molecule has 1 aliphatic heterocycles. The van der Waals surface area contributed by atoms with Gasteiger partial charge >= 0.3 is 0 Å². The summed E-state index contributed by atoms with van der Waals surface area (Å²) < 4.78 is 0. The summed E-state index contributed by atoms with van der Waals surface area (Å²) in [7, 11) is 0. The molecule has 21 heavy (non-hydrogen) atoms. The van der Waals surface area contributed by atoms with E-state index >= 15 is 0 Å². The van der Waals surface area contributed by atoms with Gasteiger partial charge in [-0.15, -0.1) is 0 Å². The highest BCUT2D eigenvalue weighted by Crippen LogP contribution is 2.22. The molecule has 1 aromatic heterocycles. The molecule has 0 radical (unpaired) electrons. The highest BCUT2D eigenvalue weighted by Gasteiger charge is 2.22. The predicted octanol–water partition coefficient (Wildman–Crippen LogP) is 3.45. The normalized spacial score (nSPS) is 21.2. The second-order valence-electron chi connectivity index (χ2n) is 6.13. The molecule has 1 N–H and O–H groups in total. The van der Waals surface area contributed by atoms with Gasteiger partial charge in [-0.05, 0) is 31.0 Å². The summed E-state index contributed by atoms with van der Waals surface area (Å²) in [6, 6.07) is 11.2. The first-order valence-corrected chi connectivity index (χ1v) is 8.11. The summed E-state index contributed by atoms with van der Waals surface area (Å²) in [6.45, 7) is 7.93. The molecule has 0 aliphatic carbocycles. The van der Waals surface area contributed by atoms with E-state index in [1.165, 1.54) is 23.9 Å². The fourth-order valence-electron chi connectivity index (χ4n) is 3.08. The zero-order valence-corrected chi connectivity index (χ0v) is 13.0. The molecule has 2 heterocycles. The van der Waals surface area contributed by atoms with E-state index < -0.39 is 0 Å². The smallest absolute Gasteiger partial charge is 0.0703 e. The van der Waals surface area contributed by atoms with Gasteiger partial charge in [0.25, 0.3) is 0 Å². The lowest BCUT2D eigenvalue weighted by Crippen LogP contribution is -2.42. The van der Waals surface area contributed by atoms with Gasteiger partial charge in [-0.3, -0.25) is 4.98 Å². The van der Waals surface area contributed by atoms with Crippen LogP contribution >= 0.6 is 0 Å². The molecular formula is C18H25N3. The van der Waals surface area contributed by atoms with Crippen LogP contribution in [0.5, 0.6) is 0 Å². The van der Waals surface area contributed by atoms with Crippen molar-refractivity contribution in [2.75, 3.05) is 24.5 Å². The number of hydrogen-bond acceptors (Lipinski definition) is 3. The standard InChI is InChI=1S/C18H25N3/c1-3-14(2)18-13-21(10-6-9-19-18)16-11-15-7-4-5-8-17(15)20-12-16/h4-5,7-8,11-12,14,18-19H,3,6,9-10,13H2,1-2H3. The van der Waals surface area contributed by atoms with Gasteiger partial charge in [0.1, 0.15) is 0 Å². The molecule has 2 aromatic rings. The van der Waals surface area contributed by atoms with Crippen LogP contribution < -0.4 is 10.2 Å². The van der Waals surface area contributed by atoms with Crippen molar-refractivity contribution in [2.24, 2.45) is 5.92 Å². The van der Waals surface area contributed by atoms with Gasteiger partial charge in [-0.25, -0.2) is 0 Å². The lowest BCUT2D eigenvalue weighted by atomic mass is 9.99. The Labute approximate surface area is 127 Å². The molecule has 0 bridgehead atoms.